The van der Waals surface area contributed by atoms with Gasteiger partial charge in [0.05, 0.1) is 6.42 Å². The van der Waals surface area contributed by atoms with Gasteiger partial charge in [0.15, 0.2) is 5.11 Å². The Kier molecular flexibility index (Phi) is 5.60. The molecule has 2 heterocycles. The summed E-state index contributed by atoms with van der Waals surface area (Å²) in [4.78, 5) is 20.6. The Morgan fingerprint density at radius 2 is 1.88 bits per heavy atom. The van der Waals surface area contributed by atoms with Gasteiger partial charge in [-0.05, 0) is 43.4 Å². The van der Waals surface area contributed by atoms with Gasteiger partial charge in [-0.2, -0.15) is 0 Å². The highest BCUT2D eigenvalue weighted by molar-refractivity contribution is 7.80. The highest BCUT2D eigenvalue weighted by Crippen LogP contribution is 2.13. The van der Waals surface area contributed by atoms with E-state index >= 15 is 0 Å². The van der Waals surface area contributed by atoms with Gasteiger partial charge in [0.1, 0.15) is 10.8 Å². The lowest BCUT2D eigenvalue weighted by Crippen LogP contribution is -2.51. The van der Waals surface area contributed by atoms with Crippen LogP contribution in [0.3, 0.4) is 0 Å². The minimum absolute atomic E-state index is 0.103. The largest absolute Gasteiger partial charge is 0.345 e. The van der Waals surface area contributed by atoms with E-state index in [0.29, 0.717) is 37.7 Å². The molecule has 0 saturated carbocycles. The fourth-order valence-electron chi connectivity index (χ4n) is 2.62. The third-order valence-electron chi connectivity index (χ3n) is 3.98. The van der Waals surface area contributed by atoms with Crippen molar-refractivity contribution in [2.45, 2.75) is 13.3 Å². The average Bonchev–Trinajstić information content (AvgIpc) is 3.02. The summed E-state index contributed by atoms with van der Waals surface area (Å²) in [6.07, 6.45) is 0.358. The second kappa shape index (κ2) is 7.88. The minimum atomic E-state index is -0.279. The minimum Gasteiger partial charge on any atom is -0.345 e. The third kappa shape index (κ3) is 4.73. The maximum Gasteiger partial charge on any atom is 0.229 e. The Morgan fingerprint density at radius 3 is 2.48 bits per heavy atom. The lowest BCUT2D eigenvalue weighted by Gasteiger charge is -2.36. The van der Waals surface area contributed by atoms with E-state index in [1.54, 1.807) is 12.1 Å². The van der Waals surface area contributed by atoms with Crippen LogP contribution in [0.2, 0.25) is 0 Å². The summed E-state index contributed by atoms with van der Waals surface area (Å²) in [7, 11) is 0. The highest BCUT2D eigenvalue weighted by Gasteiger charge is 2.23. The van der Waals surface area contributed by atoms with Crippen LogP contribution in [-0.4, -0.2) is 52.0 Å². The van der Waals surface area contributed by atoms with Crippen molar-refractivity contribution in [1.29, 1.82) is 0 Å². The molecule has 1 saturated heterocycles. The summed E-state index contributed by atoms with van der Waals surface area (Å²) in [6.45, 7) is 4.55. The molecule has 1 aromatic heterocycles. The van der Waals surface area contributed by atoms with E-state index in [-0.39, 0.29) is 11.7 Å². The van der Waals surface area contributed by atoms with Gasteiger partial charge in [0.25, 0.3) is 0 Å². The molecule has 8 heteroatoms. The molecule has 0 atom stereocenters. The number of piperazine rings is 1. The monoisotopic (exact) mass is 378 g/mol. The Hall–Kier alpha value is -2.06. The SMILES string of the molecule is Cc1csc(CC(=O)N2CCN(C(=S)Nc3ccc(F)cc3)CC2)n1. The number of aromatic nitrogens is 1. The summed E-state index contributed by atoms with van der Waals surface area (Å²) in [5.74, 6) is -0.176. The predicted octanol–water partition coefficient (Wildman–Crippen LogP) is 2.67. The smallest absolute Gasteiger partial charge is 0.229 e. The van der Waals surface area contributed by atoms with E-state index in [9.17, 15) is 9.18 Å². The summed E-state index contributed by atoms with van der Waals surface area (Å²) in [5.41, 5.74) is 1.71. The molecule has 1 amide bonds. The van der Waals surface area contributed by atoms with Gasteiger partial charge in [-0.25, -0.2) is 9.37 Å². The number of halogens is 1. The van der Waals surface area contributed by atoms with Gasteiger partial charge in [-0.15, -0.1) is 11.3 Å². The van der Waals surface area contributed by atoms with Crippen LogP contribution < -0.4 is 5.32 Å². The maximum absolute atomic E-state index is 12.9. The quantitative estimate of drug-likeness (QED) is 0.832. The van der Waals surface area contributed by atoms with E-state index in [4.69, 9.17) is 12.2 Å². The van der Waals surface area contributed by atoms with E-state index < -0.39 is 0 Å². The molecule has 25 heavy (non-hydrogen) atoms. The molecule has 132 valence electrons. The standard InChI is InChI=1S/C17H19FN4OS2/c1-12-11-25-15(19-12)10-16(23)21-6-8-22(9-7-21)17(24)20-14-4-2-13(18)3-5-14/h2-5,11H,6-10H2,1H3,(H,20,24). The second-order valence-electron chi connectivity index (χ2n) is 5.86. The number of thiazole rings is 1. The predicted molar refractivity (Wildman–Crippen MR) is 101 cm³/mol. The van der Waals surface area contributed by atoms with Gasteiger partial charge in [-0.1, -0.05) is 0 Å². The summed E-state index contributed by atoms with van der Waals surface area (Å²) >= 11 is 6.93. The zero-order chi connectivity index (χ0) is 17.8. The third-order valence-corrected chi connectivity index (χ3v) is 5.31. The number of aryl methyl sites for hydroxylation is 1. The zero-order valence-electron chi connectivity index (χ0n) is 13.9. The fourth-order valence-corrected chi connectivity index (χ4v) is 3.68. The van der Waals surface area contributed by atoms with E-state index in [0.717, 1.165) is 16.4 Å². The van der Waals surface area contributed by atoms with Crippen LogP contribution in [0.5, 0.6) is 0 Å². The van der Waals surface area contributed by atoms with Crippen LogP contribution in [0.15, 0.2) is 29.6 Å². The van der Waals surface area contributed by atoms with Gasteiger partial charge in [0, 0.05) is 42.9 Å². The van der Waals surface area contributed by atoms with Crippen LogP contribution in [0, 0.1) is 12.7 Å². The van der Waals surface area contributed by atoms with Gasteiger partial charge >= 0.3 is 0 Å². The van der Waals surface area contributed by atoms with Crippen LogP contribution in [-0.2, 0) is 11.2 Å². The molecule has 5 nitrogen and oxygen atoms in total. The highest BCUT2D eigenvalue weighted by atomic mass is 32.1. The first-order valence-corrected chi connectivity index (χ1v) is 9.30. The van der Waals surface area contributed by atoms with Crippen molar-refractivity contribution in [2.75, 3.05) is 31.5 Å². The van der Waals surface area contributed by atoms with Crippen molar-refractivity contribution >= 4 is 40.3 Å². The molecule has 1 fully saturated rings. The Morgan fingerprint density at radius 1 is 1.24 bits per heavy atom. The number of hydrogen-bond acceptors (Lipinski definition) is 4. The second-order valence-corrected chi connectivity index (χ2v) is 7.19. The van der Waals surface area contributed by atoms with E-state index in [1.807, 2.05) is 22.1 Å². The summed E-state index contributed by atoms with van der Waals surface area (Å²) < 4.78 is 12.9. The van der Waals surface area contributed by atoms with E-state index in [1.165, 1.54) is 23.5 Å². The van der Waals surface area contributed by atoms with E-state index in [2.05, 4.69) is 10.3 Å². The molecule has 0 spiro atoms. The van der Waals surface area contributed by atoms with Crippen LogP contribution in [0.1, 0.15) is 10.7 Å². The first-order chi connectivity index (χ1) is 12.0. The first kappa shape index (κ1) is 17.8. The topological polar surface area (TPSA) is 48.5 Å². The molecule has 1 N–H and O–H groups in total. The van der Waals surface area contributed by atoms with Crippen molar-refractivity contribution in [2.24, 2.45) is 0 Å². The van der Waals surface area contributed by atoms with Crippen molar-refractivity contribution in [3.63, 3.8) is 0 Å². The number of carbonyl (C=O) groups excluding carboxylic acids is 1. The number of thiocarbonyl (C=S) groups is 1. The number of nitrogens with zero attached hydrogens (tertiary/aromatic N) is 3. The molecular formula is C17H19FN4OS2. The lowest BCUT2D eigenvalue weighted by atomic mass is 10.3. The van der Waals surface area contributed by atoms with Crippen molar-refractivity contribution in [3.8, 4) is 0 Å². The zero-order valence-corrected chi connectivity index (χ0v) is 15.5. The number of nitrogens with one attached hydrogen (secondary N) is 1. The molecule has 3 rings (SSSR count). The average molecular weight is 378 g/mol. The molecule has 1 aliphatic rings. The number of benzene rings is 1. The maximum atomic E-state index is 12.9. The number of carbonyl (C=O) groups is 1. The van der Waals surface area contributed by atoms with Crippen molar-refractivity contribution in [1.82, 2.24) is 14.8 Å². The van der Waals surface area contributed by atoms with Gasteiger partial charge < -0.3 is 15.1 Å². The Bertz CT molecular complexity index is 754. The molecule has 0 aliphatic carbocycles. The number of rotatable bonds is 3. The number of anilines is 1. The fraction of sp³-hybridized carbons (Fsp3) is 0.353. The Balaban J connectivity index is 1.48. The molecular weight excluding hydrogens is 359 g/mol. The van der Waals surface area contributed by atoms with Gasteiger partial charge in [0.2, 0.25) is 5.91 Å². The van der Waals surface area contributed by atoms with Crippen molar-refractivity contribution in [3.05, 3.63) is 46.2 Å². The molecule has 1 aliphatic heterocycles. The Labute approximate surface area is 155 Å². The van der Waals surface area contributed by atoms with Gasteiger partial charge in [-0.3, -0.25) is 4.79 Å². The summed E-state index contributed by atoms with van der Waals surface area (Å²) in [6, 6.07) is 6.08. The van der Waals surface area contributed by atoms with Crippen LogP contribution in [0.25, 0.3) is 0 Å². The van der Waals surface area contributed by atoms with Crippen LogP contribution in [0.4, 0.5) is 10.1 Å². The van der Waals surface area contributed by atoms with Crippen LogP contribution >= 0.6 is 23.6 Å². The normalized spacial score (nSPS) is 14.5. The number of hydrogen-bond donors (Lipinski definition) is 1. The molecule has 2 aromatic rings. The van der Waals surface area contributed by atoms with Crippen molar-refractivity contribution < 1.29 is 9.18 Å². The number of amides is 1. The lowest BCUT2D eigenvalue weighted by molar-refractivity contribution is -0.131. The molecule has 0 bridgehead atoms. The molecule has 0 unspecified atom stereocenters. The summed E-state index contributed by atoms with van der Waals surface area (Å²) in [5, 5.41) is 6.51. The molecule has 0 radical (unpaired) electrons. The first-order valence-electron chi connectivity index (χ1n) is 8.01. The molecule has 1 aromatic carbocycles.